The summed E-state index contributed by atoms with van der Waals surface area (Å²) in [5, 5.41) is 8.50. The molecule has 4 rings (SSSR count). The molecule has 0 spiro atoms. The topological polar surface area (TPSA) is 51.0 Å². The fourth-order valence-corrected chi connectivity index (χ4v) is 4.03. The van der Waals surface area contributed by atoms with E-state index in [2.05, 4.69) is 15.1 Å². The van der Waals surface area contributed by atoms with Crippen LogP contribution in [0.25, 0.3) is 0 Å². The van der Waals surface area contributed by atoms with Crippen LogP contribution in [0.2, 0.25) is 0 Å². The lowest BCUT2D eigenvalue weighted by Crippen LogP contribution is -2.47. The van der Waals surface area contributed by atoms with Crippen LogP contribution >= 0.6 is 0 Å². The second-order valence-corrected chi connectivity index (χ2v) is 6.46. The van der Waals surface area contributed by atoms with Gasteiger partial charge in [0, 0.05) is 12.1 Å². The number of benzene rings is 1. The monoisotopic (exact) mass is 314 g/mol. The Bertz CT molecular complexity index is 671. The molecule has 23 heavy (non-hydrogen) atoms. The Labute approximate surface area is 134 Å². The number of carbonyl (C=O) groups is 1. The molecule has 0 saturated carbocycles. The molecule has 5 nitrogen and oxygen atoms in total. The number of piperidine rings is 1. The standard InChI is InChI=1S/C17H19FN4O/c18-13-3-1-12(2-4-13)9-17(23)21-14-5-6-15(21)11-16(10-14)22-19-7-8-20-22/h1-4,7-8,14-16H,5-6,9-11H2. The molecule has 0 aliphatic carbocycles. The summed E-state index contributed by atoms with van der Waals surface area (Å²) in [6.07, 6.45) is 7.69. The lowest BCUT2D eigenvalue weighted by Gasteiger charge is -2.38. The number of rotatable bonds is 3. The van der Waals surface area contributed by atoms with Gasteiger partial charge in [-0.05, 0) is 43.4 Å². The van der Waals surface area contributed by atoms with Crippen molar-refractivity contribution in [2.24, 2.45) is 0 Å². The third-order valence-corrected chi connectivity index (χ3v) is 5.03. The molecular weight excluding hydrogens is 295 g/mol. The first-order valence-corrected chi connectivity index (χ1v) is 8.12. The van der Waals surface area contributed by atoms with E-state index in [1.807, 2.05) is 0 Å². The van der Waals surface area contributed by atoms with Crippen LogP contribution in [0.15, 0.2) is 36.7 Å². The number of halogens is 1. The van der Waals surface area contributed by atoms with Gasteiger partial charge in [0.15, 0.2) is 0 Å². The first-order chi connectivity index (χ1) is 11.2. The molecule has 2 bridgehead atoms. The summed E-state index contributed by atoms with van der Waals surface area (Å²) in [4.78, 5) is 16.5. The molecular formula is C17H19FN4O. The molecule has 1 aromatic carbocycles. The van der Waals surface area contributed by atoms with Gasteiger partial charge < -0.3 is 4.90 Å². The van der Waals surface area contributed by atoms with Gasteiger partial charge in [-0.1, -0.05) is 12.1 Å². The summed E-state index contributed by atoms with van der Waals surface area (Å²) in [7, 11) is 0. The Kier molecular flexibility index (Phi) is 3.59. The summed E-state index contributed by atoms with van der Waals surface area (Å²) < 4.78 is 13.0. The van der Waals surface area contributed by atoms with Crippen LogP contribution in [-0.2, 0) is 11.2 Å². The highest BCUT2D eigenvalue weighted by atomic mass is 19.1. The molecule has 2 aliphatic rings. The largest absolute Gasteiger partial charge is 0.336 e. The van der Waals surface area contributed by atoms with Crippen molar-refractivity contribution >= 4 is 5.91 Å². The van der Waals surface area contributed by atoms with Crippen LogP contribution in [0.4, 0.5) is 4.39 Å². The van der Waals surface area contributed by atoms with Crippen molar-refractivity contribution in [2.45, 2.75) is 50.2 Å². The molecule has 2 aliphatic heterocycles. The number of nitrogens with zero attached hydrogens (tertiary/aromatic N) is 4. The Morgan fingerprint density at radius 1 is 1.04 bits per heavy atom. The van der Waals surface area contributed by atoms with E-state index < -0.39 is 0 Å². The summed E-state index contributed by atoms with van der Waals surface area (Å²) in [5.41, 5.74) is 0.867. The second-order valence-electron chi connectivity index (χ2n) is 6.46. The Hall–Kier alpha value is -2.24. The molecule has 1 aromatic heterocycles. The summed E-state index contributed by atoms with van der Waals surface area (Å²) >= 11 is 0. The number of aromatic nitrogens is 3. The molecule has 0 radical (unpaired) electrons. The van der Waals surface area contributed by atoms with Crippen molar-refractivity contribution in [3.05, 3.63) is 48.0 Å². The molecule has 2 atom stereocenters. The maximum absolute atomic E-state index is 13.0. The van der Waals surface area contributed by atoms with Gasteiger partial charge in [0.05, 0.1) is 24.9 Å². The van der Waals surface area contributed by atoms with Gasteiger partial charge in [0.1, 0.15) is 5.82 Å². The average Bonchev–Trinajstić information content (AvgIpc) is 3.16. The van der Waals surface area contributed by atoms with Crippen LogP contribution in [0, 0.1) is 5.82 Å². The SMILES string of the molecule is O=C(Cc1ccc(F)cc1)N1C2CCC1CC(n1nccn1)C2. The zero-order valence-electron chi connectivity index (χ0n) is 12.8. The van der Waals surface area contributed by atoms with E-state index in [1.165, 1.54) is 12.1 Å². The quantitative estimate of drug-likeness (QED) is 0.874. The maximum Gasteiger partial charge on any atom is 0.227 e. The fraction of sp³-hybridized carbons (Fsp3) is 0.471. The Morgan fingerprint density at radius 2 is 1.65 bits per heavy atom. The minimum absolute atomic E-state index is 0.149. The van der Waals surface area contributed by atoms with Gasteiger partial charge in [-0.15, -0.1) is 0 Å². The van der Waals surface area contributed by atoms with Crippen LogP contribution in [0.5, 0.6) is 0 Å². The van der Waals surface area contributed by atoms with Gasteiger partial charge in [-0.25, -0.2) is 4.39 Å². The zero-order chi connectivity index (χ0) is 15.8. The second kappa shape index (κ2) is 5.76. The number of amides is 1. The minimum Gasteiger partial charge on any atom is -0.336 e. The molecule has 2 fully saturated rings. The normalized spacial score (nSPS) is 26.5. The van der Waals surface area contributed by atoms with E-state index >= 15 is 0 Å². The predicted octanol–water partition coefficient (Wildman–Crippen LogP) is 2.35. The van der Waals surface area contributed by atoms with Gasteiger partial charge >= 0.3 is 0 Å². The van der Waals surface area contributed by atoms with Crippen molar-refractivity contribution in [3.8, 4) is 0 Å². The van der Waals surface area contributed by atoms with E-state index in [-0.39, 0.29) is 29.8 Å². The maximum atomic E-state index is 13.0. The van der Waals surface area contributed by atoms with Gasteiger partial charge in [-0.3, -0.25) is 4.79 Å². The van der Waals surface area contributed by atoms with E-state index in [9.17, 15) is 9.18 Å². The number of fused-ring (bicyclic) bond motifs is 2. The van der Waals surface area contributed by atoms with Crippen molar-refractivity contribution in [2.75, 3.05) is 0 Å². The van der Waals surface area contributed by atoms with Crippen LogP contribution in [0.1, 0.15) is 37.3 Å². The smallest absolute Gasteiger partial charge is 0.227 e. The summed E-state index contributed by atoms with van der Waals surface area (Å²) in [6, 6.07) is 7.04. The van der Waals surface area contributed by atoms with Crippen molar-refractivity contribution in [3.63, 3.8) is 0 Å². The van der Waals surface area contributed by atoms with Crippen LogP contribution in [-0.4, -0.2) is 37.9 Å². The third-order valence-electron chi connectivity index (χ3n) is 5.03. The third kappa shape index (κ3) is 2.73. The van der Waals surface area contributed by atoms with E-state index in [0.29, 0.717) is 6.42 Å². The molecule has 120 valence electrons. The lowest BCUT2D eigenvalue weighted by atomic mass is 9.97. The molecule has 2 unspecified atom stereocenters. The summed E-state index contributed by atoms with van der Waals surface area (Å²) in [5.74, 6) is -0.121. The minimum atomic E-state index is -0.270. The Morgan fingerprint density at radius 3 is 2.26 bits per heavy atom. The van der Waals surface area contributed by atoms with Crippen molar-refractivity contribution in [1.29, 1.82) is 0 Å². The van der Waals surface area contributed by atoms with Gasteiger partial charge in [0.25, 0.3) is 0 Å². The van der Waals surface area contributed by atoms with Crippen molar-refractivity contribution < 1.29 is 9.18 Å². The van der Waals surface area contributed by atoms with Gasteiger partial charge in [-0.2, -0.15) is 15.0 Å². The van der Waals surface area contributed by atoms with Gasteiger partial charge in [0.2, 0.25) is 5.91 Å². The zero-order valence-corrected chi connectivity index (χ0v) is 12.8. The van der Waals surface area contributed by atoms with E-state index in [0.717, 1.165) is 31.2 Å². The predicted molar refractivity (Wildman–Crippen MR) is 82.1 cm³/mol. The molecule has 1 amide bonds. The van der Waals surface area contributed by atoms with E-state index in [1.54, 1.807) is 29.3 Å². The first-order valence-electron chi connectivity index (χ1n) is 8.12. The molecule has 6 heteroatoms. The highest BCUT2D eigenvalue weighted by Crippen LogP contribution is 2.40. The highest BCUT2D eigenvalue weighted by Gasteiger charge is 2.43. The van der Waals surface area contributed by atoms with Crippen LogP contribution in [0.3, 0.4) is 0 Å². The van der Waals surface area contributed by atoms with E-state index in [4.69, 9.17) is 0 Å². The fourth-order valence-electron chi connectivity index (χ4n) is 4.03. The van der Waals surface area contributed by atoms with Crippen LogP contribution < -0.4 is 0 Å². The number of hydrogen-bond acceptors (Lipinski definition) is 3. The molecule has 3 heterocycles. The van der Waals surface area contributed by atoms with Crippen molar-refractivity contribution in [1.82, 2.24) is 19.9 Å². The number of carbonyl (C=O) groups excluding carboxylic acids is 1. The average molecular weight is 314 g/mol. The highest BCUT2D eigenvalue weighted by molar-refractivity contribution is 5.80. The molecule has 2 saturated heterocycles. The molecule has 0 N–H and O–H groups in total. The summed E-state index contributed by atoms with van der Waals surface area (Å²) in [6.45, 7) is 0. The number of hydrogen-bond donors (Lipinski definition) is 0. The lowest BCUT2D eigenvalue weighted by molar-refractivity contribution is -0.135. The first kappa shape index (κ1) is 14.4. The Balaban J connectivity index is 1.46. The molecule has 2 aromatic rings.